The summed E-state index contributed by atoms with van der Waals surface area (Å²) >= 11 is 0. The fraction of sp³-hybridized carbons (Fsp3) is 0.882. The molecule has 0 amide bonds. The number of carbonyl (C=O) groups excluding carboxylic acids is 2. The van der Waals surface area contributed by atoms with E-state index in [1.54, 1.807) is 20.8 Å². The van der Waals surface area contributed by atoms with Gasteiger partial charge in [-0.25, -0.2) is 4.79 Å². The maximum Gasteiger partial charge on any atom is 0.349 e. The summed E-state index contributed by atoms with van der Waals surface area (Å²) in [5, 5.41) is 0. The number of hydrogen-bond acceptors (Lipinski definition) is 6. The molecule has 23 heavy (non-hydrogen) atoms. The molecule has 2 rings (SSSR count). The van der Waals surface area contributed by atoms with E-state index in [9.17, 15) is 9.59 Å². The molecule has 0 aromatic carbocycles. The maximum atomic E-state index is 12.9. The summed E-state index contributed by atoms with van der Waals surface area (Å²) in [5.41, 5.74) is -2.92. The van der Waals surface area contributed by atoms with Crippen LogP contribution in [-0.2, 0) is 28.5 Å². The molecule has 0 N–H and O–H groups in total. The molecule has 0 unspecified atom stereocenters. The van der Waals surface area contributed by atoms with Gasteiger partial charge in [-0.3, -0.25) is 4.79 Å². The molecule has 2 bridgehead atoms. The van der Waals surface area contributed by atoms with Gasteiger partial charge in [0.15, 0.2) is 5.78 Å². The summed E-state index contributed by atoms with van der Waals surface area (Å²) < 4.78 is 22.3. The fourth-order valence-electron chi connectivity index (χ4n) is 3.40. The van der Waals surface area contributed by atoms with Crippen molar-refractivity contribution >= 4 is 11.8 Å². The summed E-state index contributed by atoms with van der Waals surface area (Å²) in [6, 6.07) is 0. The van der Waals surface area contributed by atoms with Gasteiger partial charge in [0, 0.05) is 20.0 Å². The molecule has 0 radical (unpaired) electrons. The molecular formula is C17H28O6. The van der Waals surface area contributed by atoms with Crippen LogP contribution in [0, 0.1) is 5.92 Å². The topological polar surface area (TPSA) is 71.1 Å². The number of carbonyl (C=O) groups is 2. The minimum atomic E-state index is -1.67. The largest absolute Gasteiger partial charge is 0.457 e. The van der Waals surface area contributed by atoms with Gasteiger partial charge in [-0.1, -0.05) is 13.8 Å². The number of hydrogen-bond donors (Lipinski definition) is 0. The van der Waals surface area contributed by atoms with Gasteiger partial charge >= 0.3 is 5.97 Å². The molecule has 2 heterocycles. The van der Waals surface area contributed by atoms with Crippen LogP contribution in [0.3, 0.4) is 0 Å². The van der Waals surface area contributed by atoms with Crippen LogP contribution in [0.25, 0.3) is 0 Å². The first-order valence-electron chi connectivity index (χ1n) is 8.15. The second kappa shape index (κ2) is 6.15. The lowest BCUT2D eigenvalue weighted by atomic mass is 9.83. The van der Waals surface area contributed by atoms with Crippen molar-refractivity contribution in [3.63, 3.8) is 0 Å². The Balaban J connectivity index is 2.40. The van der Waals surface area contributed by atoms with Gasteiger partial charge in [0.1, 0.15) is 18.5 Å². The van der Waals surface area contributed by atoms with E-state index in [0.29, 0.717) is 19.3 Å². The van der Waals surface area contributed by atoms with Crippen molar-refractivity contribution < 1.29 is 28.5 Å². The molecule has 2 aliphatic rings. The molecule has 0 aliphatic carbocycles. The van der Waals surface area contributed by atoms with Crippen LogP contribution in [0.5, 0.6) is 0 Å². The highest BCUT2D eigenvalue weighted by Crippen LogP contribution is 2.52. The Hall–Kier alpha value is -0.980. The van der Waals surface area contributed by atoms with Crippen LogP contribution >= 0.6 is 0 Å². The quantitative estimate of drug-likeness (QED) is 0.438. The van der Waals surface area contributed by atoms with E-state index in [1.165, 1.54) is 7.11 Å². The van der Waals surface area contributed by atoms with Crippen LogP contribution in [0.2, 0.25) is 0 Å². The van der Waals surface area contributed by atoms with Crippen LogP contribution in [-0.4, -0.2) is 48.6 Å². The van der Waals surface area contributed by atoms with Crippen molar-refractivity contribution in [2.24, 2.45) is 5.92 Å². The van der Waals surface area contributed by atoms with Crippen LogP contribution in [0.1, 0.15) is 53.9 Å². The minimum absolute atomic E-state index is 0.0000295. The SMILES string of the molecule is COCO[C@@H]1C[C@@]2(C(C)C)CCC(=O)[C@]1(C(=O)OC(C)(C)C)O2. The number of fused-ring (bicyclic) bond motifs is 2. The second-order valence-corrected chi connectivity index (χ2v) is 7.75. The fourth-order valence-corrected chi connectivity index (χ4v) is 3.40. The van der Waals surface area contributed by atoms with E-state index in [-0.39, 0.29) is 18.5 Å². The van der Waals surface area contributed by atoms with Gasteiger partial charge in [-0.05, 0) is 33.1 Å². The predicted molar refractivity (Wildman–Crippen MR) is 82.8 cm³/mol. The summed E-state index contributed by atoms with van der Waals surface area (Å²) in [7, 11) is 1.50. The van der Waals surface area contributed by atoms with Crippen molar-refractivity contribution in [3.8, 4) is 0 Å². The molecule has 6 nitrogen and oxygen atoms in total. The Morgan fingerprint density at radius 2 is 2.04 bits per heavy atom. The number of esters is 1. The van der Waals surface area contributed by atoms with E-state index in [4.69, 9.17) is 18.9 Å². The van der Waals surface area contributed by atoms with Crippen molar-refractivity contribution in [1.29, 1.82) is 0 Å². The molecule has 2 fully saturated rings. The molecule has 2 aliphatic heterocycles. The lowest BCUT2D eigenvalue weighted by Gasteiger charge is -2.41. The third kappa shape index (κ3) is 3.16. The maximum absolute atomic E-state index is 12.9. The normalized spacial score (nSPS) is 34.0. The monoisotopic (exact) mass is 328 g/mol. The highest BCUT2D eigenvalue weighted by Gasteiger charge is 2.69. The van der Waals surface area contributed by atoms with Crippen LogP contribution in [0.15, 0.2) is 0 Å². The summed E-state index contributed by atoms with van der Waals surface area (Å²) in [6.45, 7) is 9.38. The molecule has 2 saturated heterocycles. The zero-order valence-electron chi connectivity index (χ0n) is 14.9. The van der Waals surface area contributed by atoms with Gasteiger partial charge < -0.3 is 18.9 Å². The molecule has 3 atom stereocenters. The van der Waals surface area contributed by atoms with E-state index < -0.39 is 28.9 Å². The van der Waals surface area contributed by atoms with Crippen LogP contribution < -0.4 is 0 Å². The van der Waals surface area contributed by atoms with Gasteiger partial charge in [0.25, 0.3) is 5.60 Å². The Kier molecular flexibility index (Phi) is 4.91. The van der Waals surface area contributed by atoms with E-state index in [0.717, 1.165) is 0 Å². The lowest BCUT2D eigenvalue weighted by Crippen LogP contribution is -2.60. The number of rotatable bonds is 5. The van der Waals surface area contributed by atoms with Gasteiger partial charge in [0.2, 0.25) is 0 Å². The second-order valence-electron chi connectivity index (χ2n) is 7.75. The summed E-state index contributed by atoms with van der Waals surface area (Å²) in [6.07, 6.45) is 0.694. The van der Waals surface area contributed by atoms with Gasteiger partial charge in [-0.15, -0.1) is 0 Å². The Bertz CT molecular complexity index is 480. The Labute approximate surface area is 137 Å². The predicted octanol–water partition coefficient (Wildman–Crippen LogP) is 2.23. The van der Waals surface area contributed by atoms with Gasteiger partial charge in [-0.2, -0.15) is 0 Å². The van der Waals surface area contributed by atoms with Crippen molar-refractivity contribution in [3.05, 3.63) is 0 Å². The number of ketones is 1. The zero-order chi connectivity index (χ0) is 17.5. The average molecular weight is 328 g/mol. The molecule has 0 spiro atoms. The number of ether oxygens (including phenoxy) is 4. The number of Topliss-reactive ketones (excluding diaryl/α,β-unsaturated/α-hetero) is 1. The first kappa shape index (κ1) is 18.4. The Morgan fingerprint density at radius 1 is 1.39 bits per heavy atom. The first-order valence-corrected chi connectivity index (χ1v) is 8.15. The highest BCUT2D eigenvalue weighted by atomic mass is 16.7. The highest BCUT2D eigenvalue weighted by molar-refractivity contribution is 6.09. The molecule has 0 aromatic rings. The third-order valence-corrected chi connectivity index (χ3v) is 4.68. The smallest absolute Gasteiger partial charge is 0.349 e. The molecule has 132 valence electrons. The van der Waals surface area contributed by atoms with Crippen LogP contribution in [0.4, 0.5) is 0 Å². The third-order valence-electron chi connectivity index (χ3n) is 4.68. The van der Waals surface area contributed by atoms with Gasteiger partial charge in [0.05, 0.1) is 5.60 Å². The van der Waals surface area contributed by atoms with E-state index in [1.807, 2.05) is 13.8 Å². The minimum Gasteiger partial charge on any atom is -0.457 e. The van der Waals surface area contributed by atoms with E-state index in [2.05, 4.69) is 0 Å². The standard InChI is InChI=1S/C17H28O6/c1-11(2)16-8-7-12(18)17(23-16,13(9-16)21-10-20-6)14(19)22-15(3,4)5/h11,13H,7-10H2,1-6H3/t13-,16-,17+/m1/s1. The van der Waals surface area contributed by atoms with Crippen molar-refractivity contribution in [2.75, 3.05) is 13.9 Å². The summed E-state index contributed by atoms with van der Waals surface area (Å²) in [4.78, 5) is 25.5. The Morgan fingerprint density at radius 3 is 2.57 bits per heavy atom. The van der Waals surface area contributed by atoms with Crippen molar-refractivity contribution in [2.45, 2.75) is 76.8 Å². The molecular weight excluding hydrogens is 300 g/mol. The summed E-state index contributed by atoms with van der Waals surface area (Å²) in [5.74, 6) is -0.756. The molecule has 0 saturated carbocycles. The molecule has 0 aromatic heterocycles. The van der Waals surface area contributed by atoms with Crippen molar-refractivity contribution in [1.82, 2.24) is 0 Å². The molecule has 6 heteroatoms. The first-order chi connectivity index (χ1) is 10.6. The number of methoxy groups -OCH3 is 1. The zero-order valence-corrected chi connectivity index (χ0v) is 14.9. The van der Waals surface area contributed by atoms with E-state index >= 15 is 0 Å². The lowest BCUT2D eigenvalue weighted by molar-refractivity contribution is -0.217. The average Bonchev–Trinajstić information content (AvgIpc) is 2.72.